The highest BCUT2D eigenvalue weighted by Crippen LogP contribution is 2.48. The number of amides is 4. The number of anilines is 1. The summed E-state index contributed by atoms with van der Waals surface area (Å²) in [7, 11) is 1.46. The van der Waals surface area contributed by atoms with Crippen LogP contribution in [0.1, 0.15) is 24.8 Å². The van der Waals surface area contributed by atoms with E-state index in [2.05, 4.69) is 5.32 Å². The van der Waals surface area contributed by atoms with Gasteiger partial charge in [0.15, 0.2) is 5.41 Å². The molecule has 0 unspecified atom stereocenters. The Morgan fingerprint density at radius 3 is 2.83 bits per heavy atom. The number of rotatable bonds is 4. The first-order chi connectivity index (χ1) is 13.9. The summed E-state index contributed by atoms with van der Waals surface area (Å²) >= 11 is 0. The van der Waals surface area contributed by atoms with Gasteiger partial charge < -0.3 is 9.64 Å². The van der Waals surface area contributed by atoms with Gasteiger partial charge in [0.05, 0.1) is 24.1 Å². The third kappa shape index (κ3) is 2.86. The molecule has 0 aromatic heterocycles. The number of hydrogen-bond acceptors (Lipinski definition) is 7. The Labute approximate surface area is 166 Å². The summed E-state index contributed by atoms with van der Waals surface area (Å²) in [6.45, 7) is 0.828. The molecule has 4 rings (SSSR count). The van der Waals surface area contributed by atoms with E-state index in [-0.39, 0.29) is 25.3 Å². The molecule has 3 aliphatic heterocycles. The Kier molecular flexibility index (Phi) is 4.73. The lowest BCUT2D eigenvalue weighted by atomic mass is 9.66. The van der Waals surface area contributed by atoms with Crippen molar-refractivity contribution < 1.29 is 24.0 Å². The molecule has 3 heterocycles. The number of nitrogens with zero attached hydrogens (tertiary/aromatic N) is 3. The van der Waals surface area contributed by atoms with Crippen LogP contribution >= 0.6 is 0 Å². The minimum atomic E-state index is -1.50. The zero-order valence-electron chi connectivity index (χ0n) is 16.1. The van der Waals surface area contributed by atoms with Gasteiger partial charge in [0.2, 0.25) is 11.8 Å². The highest BCUT2D eigenvalue weighted by atomic mass is 16.6. The molecule has 2 atom stereocenters. The predicted molar refractivity (Wildman–Crippen MR) is 101 cm³/mol. The molecule has 154 valence electrons. The number of fused-ring (bicyclic) bond motifs is 4. The molecule has 2 fully saturated rings. The fourth-order valence-corrected chi connectivity index (χ4v) is 4.80. The van der Waals surface area contributed by atoms with Crippen LogP contribution in [0, 0.1) is 15.5 Å². The van der Waals surface area contributed by atoms with Gasteiger partial charge in [0, 0.05) is 37.9 Å². The average Bonchev–Trinajstić information content (AvgIpc) is 2.71. The fraction of sp³-hybridized carbons (Fsp3) is 0.526. The Hall–Kier alpha value is -3.01. The van der Waals surface area contributed by atoms with Crippen LogP contribution in [0.25, 0.3) is 0 Å². The number of carbonyl (C=O) groups is 3. The number of non-ortho nitro benzene ring substituents is 1. The minimum Gasteiger partial charge on any atom is -0.383 e. The highest BCUT2D eigenvalue weighted by molar-refractivity contribution is 6.20. The Bertz CT molecular complexity index is 903. The van der Waals surface area contributed by atoms with Gasteiger partial charge in [-0.05, 0) is 30.9 Å². The predicted octanol–water partition coefficient (Wildman–Crippen LogP) is 1.22. The third-order valence-corrected chi connectivity index (χ3v) is 6.14. The van der Waals surface area contributed by atoms with E-state index in [1.807, 2.05) is 4.90 Å². The number of nitrogens with one attached hydrogen (secondary N) is 1. The number of nitro groups is 1. The quantitative estimate of drug-likeness (QED) is 0.456. The second-order valence-electron chi connectivity index (χ2n) is 7.63. The average molecular weight is 402 g/mol. The van der Waals surface area contributed by atoms with Gasteiger partial charge in [0.1, 0.15) is 0 Å². The molecule has 10 nitrogen and oxygen atoms in total. The summed E-state index contributed by atoms with van der Waals surface area (Å²) in [6, 6.07) is 3.40. The van der Waals surface area contributed by atoms with Crippen LogP contribution in [0.2, 0.25) is 0 Å². The largest absolute Gasteiger partial charge is 0.383 e. The standard InChI is InChI=1S/C19H22N4O6/c1-29-9-8-22-17(25)19(16(24)20-18(22)26)11-12-10-13(23(27)28)5-6-14(12)21-7-3-2-4-15(19)21/h5-6,10,15H,2-4,7-9,11H2,1H3,(H,20,24,26)/t15-,19+/m1/s1. The first-order valence-corrected chi connectivity index (χ1v) is 9.60. The molecule has 3 aliphatic rings. The maximum atomic E-state index is 13.5. The van der Waals surface area contributed by atoms with E-state index < -0.39 is 34.2 Å². The van der Waals surface area contributed by atoms with Gasteiger partial charge >= 0.3 is 6.03 Å². The molecule has 1 N–H and O–H groups in total. The lowest BCUT2D eigenvalue weighted by Crippen LogP contribution is -2.72. The number of hydrogen-bond donors (Lipinski definition) is 1. The monoisotopic (exact) mass is 402 g/mol. The van der Waals surface area contributed by atoms with Gasteiger partial charge in [-0.25, -0.2) is 4.79 Å². The zero-order valence-corrected chi connectivity index (χ0v) is 16.1. The van der Waals surface area contributed by atoms with Crippen LogP contribution in [0.3, 0.4) is 0 Å². The summed E-state index contributed by atoms with van der Waals surface area (Å²) in [4.78, 5) is 52.8. The molecular formula is C19H22N4O6. The van der Waals surface area contributed by atoms with Crippen LogP contribution in [-0.2, 0) is 20.7 Å². The summed E-state index contributed by atoms with van der Waals surface area (Å²) in [5.74, 6) is -1.19. The molecule has 1 spiro atoms. The second-order valence-corrected chi connectivity index (χ2v) is 7.63. The number of piperidine rings is 1. The van der Waals surface area contributed by atoms with Crippen molar-refractivity contribution in [2.45, 2.75) is 31.7 Å². The summed E-state index contributed by atoms with van der Waals surface area (Å²) in [5.41, 5.74) is -0.205. The minimum absolute atomic E-state index is 0.0204. The van der Waals surface area contributed by atoms with Gasteiger partial charge in [-0.2, -0.15) is 0 Å². The molecule has 2 saturated heterocycles. The SMILES string of the molecule is COCCN1C(=O)NC(=O)[C@@]2(Cc3cc([N+](=O)[O-])ccc3N3CCCC[C@@H]32)C1=O. The Morgan fingerprint density at radius 2 is 2.10 bits per heavy atom. The molecule has 0 aliphatic carbocycles. The lowest BCUT2D eigenvalue weighted by Gasteiger charge is -2.53. The smallest absolute Gasteiger partial charge is 0.330 e. The van der Waals surface area contributed by atoms with E-state index >= 15 is 0 Å². The van der Waals surface area contributed by atoms with Crippen molar-refractivity contribution in [2.75, 3.05) is 31.7 Å². The van der Waals surface area contributed by atoms with Crippen LogP contribution < -0.4 is 10.2 Å². The molecule has 1 aromatic carbocycles. The van der Waals surface area contributed by atoms with Gasteiger partial charge in [0.25, 0.3) is 5.69 Å². The van der Waals surface area contributed by atoms with E-state index in [1.54, 1.807) is 6.07 Å². The van der Waals surface area contributed by atoms with E-state index in [9.17, 15) is 24.5 Å². The summed E-state index contributed by atoms with van der Waals surface area (Å²) < 4.78 is 5.00. The van der Waals surface area contributed by atoms with Crippen LogP contribution in [0.15, 0.2) is 18.2 Å². The van der Waals surface area contributed by atoms with Crippen molar-refractivity contribution in [2.24, 2.45) is 5.41 Å². The van der Waals surface area contributed by atoms with E-state index in [1.165, 1.54) is 19.2 Å². The Morgan fingerprint density at radius 1 is 1.31 bits per heavy atom. The maximum absolute atomic E-state index is 13.5. The van der Waals surface area contributed by atoms with Crippen LogP contribution in [0.5, 0.6) is 0 Å². The second kappa shape index (κ2) is 7.11. The number of benzene rings is 1. The number of methoxy groups -OCH3 is 1. The summed E-state index contributed by atoms with van der Waals surface area (Å²) in [6.07, 6.45) is 2.40. The molecule has 0 radical (unpaired) electrons. The van der Waals surface area contributed by atoms with Gasteiger partial charge in [-0.15, -0.1) is 0 Å². The van der Waals surface area contributed by atoms with Crippen LogP contribution in [0.4, 0.5) is 16.2 Å². The van der Waals surface area contributed by atoms with Crippen molar-refractivity contribution in [1.82, 2.24) is 10.2 Å². The maximum Gasteiger partial charge on any atom is 0.330 e. The molecule has 4 amide bonds. The third-order valence-electron chi connectivity index (χ3n) is 6.14. The number of imide groups is 2. The molecular weight excluding hydrogens is 380 g/mol. The molecule has 1 aromatic rings. The van der Waals surface area contributed by atoms with Gasteiger partial charge in [-0.3, -0.25) is 29.9 Å². The van der Waals surface area contributed by atoms with Crippen molar-refractivity contribution in [3.8, 4) is 0 Å². The summed E-state index contributed by atoms with van der Waals surface area (Å²) in [5, 5.41) is 13.6. The molecule has 0 bridgehead atoms. The lowest BCUT2D eigenvalue weighted by molar-refractivity contribution is -0.384. The van der Waals surface area contributed by atoms with E-state index in [0.717, 1.165) is 23.4 Å². The molecule has 0 saturated carbocycles. The fourth-order valence-electron chi connectivity index (χ4n) is 4.80. The normalized spacial score (nSPS) is 26.2. The molecule has 10 heteroatoms. The number of barbiturate groups is 1. The Balaban J connectivity index is 1.83. The first-order valence-electron chi connectivity index (χ1n) is 9.60. The topological polar surface area (TPSA) is 122 Å². The van der Waals surface area contributed by atoms with Crippen LogP contribution in [-0.4, -0.2) is 60.5 Å². The highest BCUT2D eigenvalue weighted by Gasteiger charge is 2.62. The number of nitro benzene ring substituents is 1. The number of carbonyl (C=O) groups excluding carboxylic acids is 3. The van der Waals surface area contributed by atoms with Crippen molar-refractivity contribution in [1.29, 1.82) is 0 Å². The number of urea groups is 1. The van der Waals surface area contributed by atoms with Crippen molar-refractivity contribution in [3.63, 3.8) is 0 Å². The van der Waals surface area contributed by atoms with E-state index in [0.29, 0.717) is 18.5 Å². The first kappa shape index (κ1) is 19.3. The van der Waals surface area contributed by atoms with Crippen molar-refractivity contribution >= 4 is 29.2 Å². The van der Waals surface area contributed by atoms with Crippen molar-refractivity contribution in [3.05, 3.63) is 33.9 Å². The number of ether oxygens (including phenoxy) is 1. The van der Waals surface area contributed by atoms with Gasteiger partial charge in [-0.1, -0.05) is 0 Å². The zero-order chi connectivity index (χ0) is 20.8. The van der Waals surface area contributed by atoms with E-state index in [4.69, 9.17) is 4.74 Å². The molecule has 29 heavy (non-hydrogen) atoms.